The lowest BCUT2D eigenvalue weighted by atomic mass is 9.55. The molecule has 0 saturated heterocycles. The lowest BCUT2D eigenvalue weighted by Crippen LogP contribution is -2.43. The molecule has 356 valence electrons. The molecule has 4 saturated carbocycles. The van der Waals surface area contributed by atoms with Gasteiger partial charge in [0.15, 0.2) is 13.2 Å². The number of carbonyl (C=O) groups excluding carboxylic acids is 2. The van der Waals surface area contributed by atoms with E-state index in [4.69, 9.17) is 19.7 Å². The normalized spacial score (nSPS) is 29.4. The minimum atomic E-state index is -0.261. The zero-order valence-corrected chi connectivity index (χ0v) is 40.3. The molecule has 10 heteroatoms. The molecule has 0 heterocycles. The zero-order valence-electron chi connectivity index (χ0n) is 40.3. The molecule has 6 aliphatic rings. The number of fused-ring (bicyclic) bond motifs is 10. The number of aromatic hydroxyl groups is 2. The number of phenolic OH excluding ortho intramolecular Hbond substituents is 2. The van der Waals surface area contributed by atoms with E-state index in [9.17, 15) is 19.8 Å². The maximum Gasteiger partial charge on any atom is 0.277 e. The maximum atomic E-state index is 13.0. The third-order valence-electron chi connectivity index (χ3n) is 17.8. The molecule has 0 aromatic heterocycles. The van der Waals surface area contributed by atoms with Crippen LogP contribution in [0.3, 0.4) is 0 Å². The molecule has 0 bridgehead atoms. The van der Waals surface area contributed by atoms with Gasteiger partial charge in [-0.05, 0) is 218 Å². The number of nitrogens with one attached hydrogen (secondary N) is 2. The van der Waals surface area contributed by atoms with Crippen molar-refractivity contribution in [1.29, 1.82) is 0 Å². The molecule has 4 aromatic carbocycles. The fraction of sp³-hybridized carbons (Fsp3) is 0.483. The van der Waals surface area contributed by atoms with E-state index in [-0.39, 0.29) is 35.9 Å². The number of nitrogens with zero attached hydrogens (tertiary/aromatic N) is 2. The van der Waals surface area contributed by atoms with Gasteiger partial charge in [-0.1, -0.05) is 64.1 Å². The van der Waals surface area contributed by atoms with Crippen LogP contribution in [-0.2, 0) is 22.4 Å². The monoisotopic (exact) mass is 917 g/mol. The lowest BCUT2D eigenvalue weighted by Gasteiger charge is -2.49. The number of phenols is 2. The molecule has 8 atom stereocenters. The summed E-state index contributed by atoms with van der Waals surface area (Å²) < 4.78 is 11.9. The van der Waals surface area contributed by atoms with Crippen LogP contribution >= 0.6 is 0 Å². The number of ether oxygens (including phenoxy) is 2. The van der Waals surface area contributed by atoms with Crippen molar-refractivity contribution in [2.45, 2.75) is 129 Å². The number of allylic oxidation sites excluding steroid dienone is 2. The zero-order chi connectivity index (χ0) is 47.2. The summed E-state index contributed by atoms with van der Waals surface area (Å²) in [4.78, 5) is 26.1. The second kappa shape index (κ2) is 18.9. The Morgan fingerprint density at radius 1 is 0.574 bits per heavy atom. The third-order valence-corrected chi connectivity index (χ3v) is 17.8. The summed E-state index contributed by atoms with van der Waals surface area (Å²) in [6, 6.07) is 27.8. The summed E-state index contributed by atoms with van der Waals surface area (Å²) in [5, 5.41) is 29.6. The molecule has 4 aromatic rings. The molecule has 6 aliphatic carbocycles. The number of hydrogen-bond acceptors (Lipinski definition) is 8. The quantitative estimate of drug-likeness (QED) is 0.0824. The molecule has 0 spiro atoms. The van der Waals surface area contributed by atoms with Crippen LogP contribution in [-0.4, -0.2) is 46.7 Å². The molecule has 8 unspecified atom stereocenters. The van der Waals surface area contributed by atoms with Crippen LogP contribution in [0.5, 0.6) is 23.0 Å². The van der Waals surface area contributed by atoms with Crippen LogP contribution in [0, 0.1) is 34.5 Å². The van der Waals surface area contributed by atoms with E-state index >= 15 is 0 Å². The first-order valence-electron chi connectivity index (χ1n) is 25.5. The summed E-state index contributed by atoms with van der Waals surface area (Å²) in [5.74, 6) is 4.81. The van der Waals surface area contributed by atoms with Gasteiger partial charge in [0, 0.05) is 22.3 Å². The highest BCUT2D eigenvalue weighted by Crippen LogP contribution is 2.61. The average molecular weight is 917 g/mol. The Labute approximate surface area is 401 Å². The molecule has 0 radical (unpaired) electrons. The fourth-order valence-electron chi connectivity index (χ4n) is 14.4. The summed E-state index contributed by atoms with van der Waals surface area (Å²) in [6.45, 7) is 8.80. The summed E-state index contributed by atoms with van der Waals surface area (Å²) in [6.07, 6.45) is 14.3. The molecule has 10 rings (SSSR count). The van der Waals surface area contributed by atoms with Gasteiger partial charge >= 0.3 is 0 Å². The number of hydrazone groups is 2. The number of carbonyl (C=O) groups is 2. The SMILES string of the molecule is CCC(=C(CC)c1ccc(OCC(=O)NN=C2CCC3C4CCc5cc(O)ccc5C4CCC23C)cc1)c1ccc(OCC(=O)NN=C2CCC3C4CCc5cc(O)ccc5C4CCC23C)cc1. The minimum Gasteiger partial charge on any atom is -0.508 e. The van der Waals surface area contributed by atoms with Crippen molar-refractivity contribution in [2.24, 2.45) is 44.7 Å². The first-order chi connectivity index (χ1) is 32.9. The summed E-state index contributed by atoms with van der Waals surface area (Å²) in [7, 11) is 0. The smallest absolute Gasteiger partial charge is 0.277 e. The number of hydrogen-bond donors (Lipinski definition) is 4. The van der Waals surface area contributed by atoms with Crippen molar-refractivity contribution >= 4 is 34.4 Å². The first-order valence-corrected chi connectivity index (χ1v) is 25.5. The molecule has 4 fully saturated rings. The van der Waals surface area contributed by atoms with Gasteiger partial charge in [0.2, 0.25) is 0 Å². The van der Waals surface area contributed by atoms with Crippen LogP contribution in [0.4, 0.5) is 0 Å². The van der Waals surface area contributed by atoms with Gasteiger partial charge in [-0.3, -0.25) is 9.59 Å². The van der Waals surface area contributed by atoms with Gasteiger partial charge in [-0.2, -0.15) is 10.2 Å². The molecular formula is C58H68N4O6. The van der Waals surface area contributed by atoms with Crippen LogP contribution in [0.25, 0.3) is 11.1 Å². The number of amides is 2. The molecule has 68 heavy (non-hydrogen) atoms. The molecule has 10 nitrogen and oxygen atoms in total. The van der Waals surface area contributed by atoms with Crippen molar-refractivity contribution in [3.05, 3.63) is 118 Å². The van der Waals surface area contributed by atoms with E-state index in [2.05, 4.69) is 74.9 Å². The van der Waals surface area contributed by atoms with Crippen molar-refractivity contribution in [3.63, 3.8) is 0 Å². The Kier molecular flexibility index (Phi) is 12.7. The maximum absolute atomic E-state index is 13.0. The van der Waals surface area contributed by atoms with E-state index in [0.717, 1.165) is 112 Å². The van der Waals surface area contributed by atoms with E-state index in [1.807, 2.05) is 48.5 Å². The molecular weight excluding hydrogens is 849 g/mol. The van der Waals surface area contributed by atoms with Gasteiger partial charge in [-0.15, -0.1) is 0 Å². The molecule has 2 amide bonds. The minimum absolute atomic E-state index is 0.0114. The highest BCUT2D eigenvalue weighted by Gasteiger charge is 2.55. The van der Waals surface area contributed by atoms with Gasteiger partial charge < -0.3 is 19.7 Å². The van der Waals surface area contributed by atoms with Crippen molar-refractivity contribution < 1.29 is 29.3 Å². The Balaban J connectivity index is 0.701. The molecule has 0 aliphatic heterocycles. The Bertz CT molecular complexity index is 2470. The summed E-state index contributed by atoms with van der Waals surface area (Å²) in [5.41, 5.74) is 18.0. The fourth-order valence-corrected chi connectivity index (χ4v) is 14.4. The van der Waals surface area contributed by atoms with E-state index < -0.39 is 0 Å². The second-order valence-electron chi connectivity index (χ2n) is 21.1. The van der Waals surface area contributed by atoms with Crippen LogP contribution in [0.15, 0.2) is 95.1 Å². The number of rotatable bonds is 12. The van der Waals surface area contributed by atoms with Gasteiger partial charge in [-0.25, -0.2) is 10.9 Å². The molecule has 4 N–H and O–H groups in total. The topological polar surface area (TPSA) is 142 Å². The summed E-state index contributed by atoms with van der Waals surface area (Å²) >= 11 is 0. The Hall–Kier alpha value is -5.90. The predicted molar refractivity (Wildman–Crippen MR) is 268 cm³/mol. The van der Waals surface area contributed by atoms with Gasteiger partial charge in [0.05, 0.1) is 0 Å². The third kappa shape index (κ3) is 8.61. The van der Waals surface area contributed by atoms with Gasteiger partial charge in [0.1, 0.15) is 23.0 Å². The Morgan fingerprint density at radius 3 is 1.38 bits per heavy atom. The van der Waals surface area contributed by atoms with E-state index in [1.165, 1.54) is 33.4 Å². The van der Waals surface area contributed by atoms with Crippen LogP contribution in [0.1, 0.15) is 150 Å². The lowest BCUT2D eigenvalue weighted by molar-refractivity contribution is -0.123. The number of aryl methyl sites for hydroxylation is 2. The van der Waals surface area contributed by atoms with E-state index in [1.54, 1.807) is 0 Å². The first kappa shape index (κ1) is 45.9. The van der Waals surface area contributed by atoms with Crippen molar-refractivity contribution in [1.82, 2.24) is 10.9 Å². The van der Waals surface area contributed by atoms with E-state index in [0.29, 0.717) is 58.5 Å². The van der Waals surface area contributed by atoms with Crippen LogP contribution in [0.2, 0.25) is 0 Å². The highest BCUT2D eigenvalue weighted by molar-refractivity contribution is 5.94. The second-order valence-corrected chi connectivity index (χ2v) is 21.1. The largest absolute Gasteiger partial charge is 0.508 e. The van der Waals surface area contributed by atoms with Gasteiger partial charge in [0.25, 0.3) is 11.8 Å². The van der Waals surface area contributed by atoms with Crippen molar-refractivity contribution in [2.75, 3.05) is 13.2 Å². The van der Waals surface area contributed by atoms with Crippen molar-refractivity contribution in [3.8, 4) is 23.0 Å². The standard InChI is InChI=1S/C58H68N4O6/c1-5-43(35-7-15-41(16-8-35)67-33-55(65)61-59-53-25-23-51-49-19-11-37-31-39(63)13-21-45(37)47(49)27-29-57(51,53)3)44(6-2)36-9-17-42(18-10-36)68-34-56(66)62-60-54-26-24-52-50-20-12-38-32-40(64)14-22-46(38)48(50)28-30-58(52,54)4/h7-10,13-18,21-22,31-32,47-52,63-64H,5-6,11-12,19-20,23-30,33-34H2,1-4H3,(H,61,65)(H,62,66). The highest BCUT2D eigenvalue weighted by atomic mass is 16.5. The average Bonchev–Trinajstić information content (AvgIpc) is 3.88. The Morgan fingerprint density at radius 2 is 0.985 bits per heavy atom. The van der Waals surface area contributed by atoms with Crippen LogP contribution < -0.4 is 20.3 Å². The number of benzene rings is 4. The predicted octanol–water partition coefficient (Wildman–Crippen LogP) is 11.6.